The van der Waals surface area contributed by atoms with Gasteiger partial charge >= 0.3 is 0 Å². The standard InChI is InChI=1S/C15H22N4S2/c1-20-11-5-3-2-4-8-18-15-13(14(16)19-21-15)12-6-9-17-10-7-12/h6-7,9-10,18H,2-5,8,11H2,1H3,(H2,16,19). The molecule has 2 rings (SSSR count). The molecule has 0 atom stereocenters. The molecule has 21 heavy (non-hydrogen) atoms. The van der Waals surface area contributed by atoms with E-state index in [1.807, 2.05) is 23.9 Å². The van der Waals surface area contributed by atoms with Crippen molar-refractivity contribution < 1.29 is 0 Å². The van der Waals surface area contributed by atoms with Crippen molar-refractivity contribution in [3.8, 4) is 11.1 Å². The average Bonchev–Trinajstić information content (AvgIpc) is 2.88. The van der Waals surface area contributed by atoms with Crippen molar-refractivity contribution in [1.82, 2.24) is 9.36 Å². The zero-order chi connectivity index (χ0) is 14.9. The van der Waals surface area contributed by atoms with E-state index in [0.29, 0.717) is 5.82 Å². The molecule has 0 saturated heterocycles. The summed E-state index contributed by atoms with van der Waals surface area (Å²) in [5.74, 6) is 1.86. The molecule has 114 valence electrons. The summed E-state index contributed by atoms with van der Waals surface area (Å²) in [7, 11) is 0. The summed E-state index contributed by atoms with van der Waals surface area (Å²) in [6, 6.07) is 3.93. The van der Waals surface area contributed by atoms with Gasteiger partial charge in [0.1, 0.15) is 10.8 Å². The Morgan fingerprint density at radius 1 is 1.19 bits per heavy atom. The number of hydrogen-bond acceptors (Lipinski definition) is 6. The minimum atomic E-state index is 0.591. The van der Waals surface area contributed by atoms with E-state index < -0.39 is 0 Å². The Labute approximate surface area is 134 Å². The van der Waals surface area contributed by atoms with Gasteiger partial charge in [0.2, 0.25) is 0 Å². The number of nitrogen functional groups attached to an aromatic ring is 1. The van der Waals surface area contributed by atoms with Gasteiger partial charge in [-0.05, 0) is 54.1 Å². The fourth-order valence-corrected chi connectivity index (χ4v) is 3.40. The number of thioether (sulfide) groups is 1. The number of rotatable bonds is 9. The number of unbranched alkanes of at least 4 members (excludes halogenated alkanes) is 3. The molecule has 0 saturated carbocycles. The molecule has 0 aliphatic carbocycles. The molecule has 2 aromatic heterocycles. The Morgan fingerprint density at radius 2 is 1.95 bits per heavy atom. The predicted octanol–water partition coefficient (Wildman–Crippen LogP) is 4.12. The van der Waals surface area contributed by atoms with E-state index in [1.54, 1.807) is 12.4 Å². The zero-order valence-electron chi connectivity index (χ0n) is 12.3. The summed E-state index contributed by atoms with van der Waals surface area (Å²) in [5.41, 5.74) is 8.07. The maximum absolute atomic E-state index is 6.00. The predicted molar refractivity (Wildman–Crippen MR) is 95.1 cm³/mol. The molecule has 0 amide bonds. The highest BCUT2D eigenvalue weighted by molar-refractivity contribution is 7.98. The summed E-state index contributed by atoms with van der Waals surface area (Å²) in [6.07, 6.45) is 10.8. The largest absolute Gasteiger partial charge is 0.382 e. The van der Waals surface area contributed by atoms with Gasteiger partial charge in [-0.1, -0.05) is 12.8 Å². The van der Waals surface area contributed by atoms with Crippen molar-refractivity contribution in [2.75, 3.05) is 29.6 Å². The number of nitrogens with one attached hydrogen (secondary N) is 1. The first-order chi connectivity index (χ1) is 10.3. The molecule has 6 heteroatoms. The molecule has 2 aromatic rings. The first-order valence-corrected chi connectivity index (χ1v) is 9.38. The molecule has 4 nitrogen and oxygen atoms in total. The van der Waals surface area contributed by atoms with E-state index in [9.17, 15) is 0 Å². The van der Waals surface area contributed by atoms with Gasteiger partial charge in [-0.2, -0.15) is 16.1 Å². The van der Waals surface area contributed by atoms with Crippen LogP contribution in [-0.2, 0) is 0 Å². The maximum atomic E-state index is 6.00. The van der Waals surface area contributed by atoms with Gasteiger partial charge in [0.05, 0.1) is 5.56 Å². The molecule has 0 aliphatic heterocycles. The molecule has 0 aromatic carbocycles. The highest BCUT2D eigenvalue weighted by Gasteiger charge is 2.12. The molecule has 0 bridgehead atoms. The van der Waals surface area contributed by atoms with Crippen molar-refractivity contribution in [3.63, 3.8) is 0 Å². The highest BCUT2D eigenvalue weighted by atomic mass is 32.2. The van der Waals surface area contributed by atoms with E-state index in [4.69, 9.17) is 5.73 Å². The quantitative estimate of drug-likeness (QED) is 0.680. The summed E-state index contributed by atoms with van der Waals surface area (Å²) < 4.78 is 4.27. The molecule has 0 radical (unpaired) electrons. The van der Waals surface area contributed by atoms with Crippen LogP contribution in [0.2, 0.25) is 0 Å². The highest BCUT2D eigenvalue weighted by Crippen LogP contribution is 2.36. The fourth-order valence-electron chi connectivity index (χ4n) is 2.15. The molecule has 0 fully saturated rings. The van der Waals surface area contributed by atoms with Crippen LogP contribution in [0, 0.1) is 0 Å². The van der Waals surface area contributed by atoms with Gasteiger partial charge in [0.25, 0.3) is 0 Å². The fraction of sp³-hybridized carbons (Fsp3) is 0.467. The summed E-state index contributed by atoms with van der Waals surface area (Å²) >= 11 is 3.36. The first-order valence-electron chi connectivity index (χ1n) is 7.21. The third-order valence-corrected chi connectivity index (χ3v) is 4.76. The van der Waals surface area contributed by atoms with E-state index in [0.717, 1.165) is 22.7 Å². The van der Waals surface area contributed by atoms with Crippen molar-refractivity contribution in [2.45, 2.75) is 25.7 Å². The number of nitrogens with zero attached hydrogens (tertiary/aromatic N) is 2. The second kappa shape index (κ2) is 8.89. The molecule has 2 heterocycles. The number of anilines is 2. The van der Waals surface area contributed by atoms with E-state index in [2.05, 4.69) is 20.9 Å². The van der Waals surface area contributed by atoms with Crippen LogP contribution in [0.25, 0.3) is 11.1 Å². The Hall–Kier alpha value is -1.27. The van der Waals surface area contributed by atoms with Gasteiger partial charge in [0, 0.05) is 18.9 Å². The van der Waals surface area contributed by atoms with E-state index in [1.165, 1.54) is 43.0 Å². The lowest BCUT2D eigenvalue weighted by molar-refractivity contribution is 0.689. The van der Waals surface area contributed by atoms with Crippen LogP contribution in [-0.4, -0.2) is 27.9 Å². The molecular formula is C15H22N4S2. The van der Waals surface area contributed by atoms with E-state index in [-0.39, 0.29) is 0 Å². The second-order valence-electron chi connectivity index (χ2n) is 4.84. The minimum absolute atomic E-state index is 0.591. The van der Waals surface area contributed by atoms with Gasteiger partial charge in [-0.3, -0.25) is 4.98 Å². The molecule has 3 N–H and O–H groups in total. The molecular weight excluding hydrogens is 300 g/mol. The molecule has 0 spiro atoms. The van der Waals surface area contributed by atoms with Crippen LogP contribution in [0.15, 0.2) is 24.5 Å². The van der Waals surface area contributed by atoms with Crippen LogP contribution in [0.3, 0.4) is 0 Å². The van der Waals surface area contributed by atoms with Crippen molar-refractivity contribution >= 4 is 34.1 Å². The monoisotopic (exact) mass is 322 g/mol. The third-order valence-electron chi connectivity index (χ3n) is 3.25. The molecule has 0 unspecified atom stereocenters. The average molecular weight is 323 g/mol. The topological polar surface area (TPSA) is 63.8 Å². The lowest BCUT2D eigenvalue weighted by Crippen LogP contribution is -2.01. The van der Waals surface area contributed by atoms with Crippen LogP contribution < -0.4 is 11.1 Å². The van der Waals surface area contributed by atoms with Crippen LogP contribution in [0.1, 0.15) is 25.7 Å². The number of hydrogen-bond donors (Lipinski definition) is 2. The van der Waals surface area contributed by atoms with Gasteiger partial charge < -0.3 is 11.1 Å². The van der Waals surface area contributed by atoms with Crippen molar-refractivity contribution in [2.24, 2.45) is 0 Å². The lowest BCUT2D eigenvalue weighted by Gasteiger charge is -2.07. The Kier molecular flexibility index (Phi) is 6.82. The van der Waals surface area contributed by atoms with Gasteiger partial charge in [-0.15, -0.1) is 0 Å². The smallest absolute Gasteiger partial charge is 0.147 e. The van der Waals surface area contributed by atoms with Gasteiger partial charge in [-0.25, -0.2) is 0 Å². The summed E-state index contributed by atoms with van der Waals surface area (Å²) in [5, 5.41) is 4.53. The number of nitrogens with two attached hydrogens (primary N) is 1. The lowest BCUT2D eigenvalue weighted by atomic mass is 10.1. The molecule has 0 aliphatic rings. The maximum Gasteiger partial charge on any atom is 0.147 e. The van der Waals surface area contributed by atoms with Gasteiger partial charge in [0.15, 0.2) is 0 Å². The van der Waals surface area contributed by atoms with Crippen molar-refractivity contribution in [3.05, 3.63) is 24.5 Å². The van der Waals surface area contributed by atoms with Crippen LogP contribution >= 0.6 is 23.3 Å². The minimum Gasteiger partial charge on any atom is -0.382 e. The Balaban J connectivity index is 1.84. The second-order valence-corrected chi connectivity index (χ2v) is 6.60. The summed E-state index contributed by atoms with van der Waals surface area (Å²) in [4.78, 5) is 4.05. The first kappa shape index (κ1) is 16.1. The third kappa shape index (κ3) is 4.89. The van der Waals surface area contributed by atoms with E-state index >= 15 is 0 Å². The normalized spacial score (nSPS) is 10.7. The Bertz CT molecular complexity index is 528. The SMILES string of the molecule is CSCCCCCCNc1snc(N)c1-c1ccncc1. The zero-order valence-corrected chi connectivity index (χ0v) is 14.0. The number of aromatic nitrogens is 2. The summed E-state index contributed by atoms with van der Waals surface area (Å²) in [6.45, 7) is 0.971. The number of pyridine rings is 1. The van der Waals surface area contributed by atoms with Crippen LogP contribution in [0.5, 0.6) is 0 Å². The van der Waals surface area contributed by atoms with Crippen molar-refractivity contribution in [1.29, 1.82) is 0 Å². The van der Waals surface area contributed by atoms with Crippen LogP contribution in [0.4, 0.5) is 10.8 Å². The Morgan fingerprint density at radius 3 is 2.71 bits per heavy atom.